The van der Waals surface area contributed by atoms with E-state index < -0.39 is 0 Å². The molecule has 0 heterocycles. The van der Waals surface area contributed by atoms with Gasteiger partial charge in [0.2, 0.25) is 0 Å². The predicted molar refractivity (Wildman–Crippen MR) is 128 cm³/mol. The van der Waals surface area contributed by atoms with Crippen molar-refractivity contribution >= 4 is 0 Å². The smallest absolute Gasteiger partial charge is 0.0577 e. The van der Waals surface area contributed by atoms with Crippen molar-refractivity contribution in [3.05, 3.63) is 23.8 Å². The highest BCUT2D eigenvalue weighted by atomic mass is 16.3. The maximum Gasteiger partial charge on any atom is 0.0577 e. The molecule has 4 aliphatic rings. The van der Waals surface area contributed by atoms with E-state index in [-0.39, 0.29) is 6.10 Å². The summed E-state index contributed by atoms with van der Waals surface area (Å²) in [7, 11) is 0. The molecule has 2 unspecified atom stereocenters. The molecule has 3 fully saturated rings. The van der Waals surface area contributed by atoms with E-state index in [1.165, 1.54) is 44.9 Å². The van der Waals surface area contributed by atoms with Crippen LogP contribution in [0.4, 0.5) is 0 Å². The molecule has 1 nitrogen and oxygen atoms in total. The van der Waals surface area contributed by atoms with E-state index in [1.807, 2.05) is 0 Å². The molecule has 9 atom stereocenters. The molecule has 0 aromatic heterocycles. The Morgan fingerprint density at radius 1 is 1.03 bits per heavy atom. The van der Waals surface area contributed by atoms with E-state index in [0.717, 1.165) is 48.3 Å². The van der Waals surface area contributed by atoms with Gasteiger partial charge in [-0.25, -0.2) is 0 Å². The van der Waals surface area contributed by atoms with Crippen molar-refractivity contribution in [3.63, 3.8) is 0 Å². The van der Waals surface area contributed by atoms with Crippen LogP contribution in [-0.2, 0) is 0 Å². The van der Waals surface area contributed by atoms with Gasteiger partial charge in [-0.05, 0) is 110 Å². The third-order valence-corrected chi connectivity index (χ3v) is 10.8. The SMILES string of the molecule is CCC(/C=C/[C@@H](C)[C@H]1CCC2[C@@H]3CC=C4C[C@@H](O)CC[C@]4(C)[C@H]3CC[C@@]21C)C(C)C. The van der Waals surface area contributed by atoms with Gasteiger partial charge in [-0.2, -0.15) is 0 Å². The fourth-order valence-electron chi connectivity index (χ4n) is 8.83. The molecule has 4 aliphatic carbocycles. The van der Waals surface area contributed by atoms with Crippen LogP contribution < -0.4 is 0 Å². The topological polar surface area (TPSA) is 20.2 Å². The van der Waals surface area contributed by atoms with Gasteiger partial charge in [-0.3, -0.25) is 0 Å². The second-order valence-corrected chi connectivity index (χ2v) is 12.4. The molecular weight excluding hydrogens is 364 g/mol. The number of aliphatic hydroxyl groups is 1. The average molecular weight is 413 g/mol. The van der Waals surface area contributed by atoms with E-state index >= 15 is 0 Å². The average Bonchev–Trinajstić information content (AvgIpc) is 3.06. The summed E-state index contributed by atoms with van der Waals surface area (Å²) in [5.41, 5.74) is 2.51. The van der Waals surface area contributed by atoms with Crippen LogP contribution in [0, 0.1) is 52.3 Å². The van der Waals surface area contributed by atoms with Crippen molar-refractivity contribution in [2.75, 3.05) is 0 Å². The quantitative estimate of drug-likeness (QED) is 0.457. The zero-order chi connectivity index (χ0) is 21.7. The molecule has 0 aromatic rings. The highest BCUT2D eigenvalue weighted by molar-refractivity contribution is 5.25. The van der Waals surface area contributed by atoms with E-state index in [1.54, 1.807) is 5.57 Å². The minimum absolute atomic E-state index is 0.0870. The Morgan fingerprint density at radius 3 is 2.50 bits per heavy atom. The third-order valence-electron chi connectivity index (χ3n) is 10.8. The van der Waals surface area contributed by atoms with Gasteiger partial charge < -0.3 is 5.11 Å². The van der Waals surface area contributed by atoms with Gasteiger partial charge in [-0.1, -0.05) is 65.3 Å². The Bertz CT molecular complexity index is 674. The third kappa shape index (κ3) is 3.66. The molecule has 170 valence electrons. The molecular formula is C29H48O. The van der Waals surface area contributed by atoms with Crippen molar-refractivity contribution in [2.24, 2.45) is 52.3 Å². The van der Waals surface area contributed by atoms with E-state index in [4.69, 9.17) is 0 Å². The van der Waals surface area contributed by atoms with Crippen LogP contribution in [0.1, 0.15) is 99.3 Å². The van der Waals surface area contributed by atoms with Crippen molar-refractivity contribution < 1.29 is 5.11 Å². The highest BCUT2D eigenvalue weighted by Crippen LogP contribution is 2.67. The molecule has 30 heavy (non-hydrogen) atoms. The Hall–Kier alpha value is -0.560. The monoisotopic (exact) mass is 412 g/mol. The number of hydrogen-bond donors (Lipinski definition) is 1. The zero-order valence-corrected chi connectivity index (χ0v) is 20.7. The maximum atomic E-state index is 10.2. The fraction of sp³-hybridized carbons (Fsp3) is 0.862. The summed E-state index contributed by atoms with van der Waals surface area (Å²) >= 11 is 0. The molecule has 3 saturated carbocycles. The molecule has 0 aliphatic heterocycles. The summed E-state index contributed by atoms with van der Waals surface area (Å²) in [5, 5.41) is 10.2. The first-order valence-corrected chi connectivity index (χ1v) is 13.3. The first-order chi connectivity index (χ1) is 14.2. The minimum atomic E-state index is -0.0870. The van der Waals surface area contributed by atoms with Crippen LogP contribution >= 0.6 is 0 Å². The summed E-state index contributed by atoms with van der Waals surface area (Å²) in [4.78, 5) is 0. The second kappa shape index (κ2) is 8.42. The van der Waals surface area contributed by atoms with Gasteiger partial charge >= 0.3 is 0 Å². The molecule has 0 saturated heterocycles. The lowest BCUT2D eigenvalue weighted by Crippen LogP contribution is -2.50. The van der Waals surface area contributed by atoms with Crippen molar-refractivity contribution in [1.29, 1.82) is 0 Å². The zero-order valence-electron chi connectivity index (χ0n) is 20.7. The molecule has 0 spiro atoms. The number of fused-ring (bicyclic) bond motifs is 5. The van der Waals surface area contributed by atoms with Crippen molar-refractivity contribution in [2.45, 2.75) is 105 Å². The van der Waals surface area contributed by atoms with Crippen molar-refractivity contribution in [3.8, 4) is 0 Å². The van der Waals surface area contributed by atoms with Crippen LogP contribution in [0.5, 0.6) is 0 Å². The van der Waals surface area contributed by atoms with Crippen LogP contribution in [-0.4, -0.2) is 11.2 Å². The Labute approximate surface area is 186 Å². The highest BCUT2D eigenvalue weighted by Gasteiger charge is 2.58. The number of rotatable bonds is 5. The van der Waals surface area contributed by atoms with Crippen LogP contribution in [0.3, 0.4) is 0 Å². The standard InChI is InChI=1S/C29H48O/c1-7-21(19(2)3)9-8-20(4)25-12-13-26-24-11-10-22-18-23(30)14-16-28(22,5)27(24)15-17-29(25,26)6/h8-10,19-21,23-27,30H,7,11-18H2,1-6H3/b9-8+/t20-,21?,23+,24+,25-,26?,27+,28+,29-/m1/s1. The summed E-state index contributed by atoms with van der Waals surface area (Å²) in [5.74, 6) is 5.70. The summed E-state index contributed by atoms with van der Waals surface area (Å²) in [6, 6.07) is 0. The lowest BCUT2D eigenvalue weighted by atomic mass is 9.47. The van der Waals surface area contributed by atoms with Crippen LogP contribution in [0.2, 0.25) is 0 Å². The molecule has 0 radical (unpaired) electrons. The first-order valence-electron chi connectivity index (χ1n) is 13.3. The summed E-state index contributed by atoms with van der Waals surface area (Å²) in [6.07, 6.45) is 19.1. The number of hydrogen-bond acceptors (Lipinski definition) is 1. The first kappa shape index (κ1) is 22.6. The molecule has 1 heteroatoms. The van der Waals surface area contributed by atoms with Gasteiger partial charge in [0.05, 0.1) is 6.10 Å². The van der Waals surface area contributed by atoms with E-state index in [2.05, 4.69) is 59.8 Å². The summed E-state index contributed by atoms with van der Waals surface area (Å²) < 4.78 is 0. The van der Waals surface area contributed by atoms with Gasteiger partial charge in [-0.15, -0.1) is 0 Å². The fourth-order valence-corrected chi connectivity index (χ4v) is 8.83. The number of allylic oxidation sites excluding steroid dienone is 3. The molecule has 0 aromatic carbocycles. The van der Waals surface area contributed by atoms with E-state index in [0.29, 0.717) is 16.7 Å². The Morgan fingerprint density at radius 2 is 1.80 bits per heavy atom. The Balaban J connectivity index is 1.52. The van der Waals surface area contributed by atoms with Gasteiger partial charge in [0.25, 0.3) is 0 Å². The molecule has 0 amide bonds. The second-order valence-electron chi connectivity index (χ2n) is 12.4. The lowest BCUT2D eigenvalue weighted by Gasteiger charge is -2.58. The maximum absolute atomic E-state index is 10.2. The molecule has 0 bridgehead atoms. The Kier molecular flexibility index (Phi) is 6.35. The lowest BCUT2D eigenvalue weighted by molar-refractivity contribution is -0.0540. The molecule has 4 rings (SSSR count). The minimum Gasteiger partial charge on any atom is -0.393 e. The van der Waals surface area contributed by atoms with Gasteiger partial charge in [0.15, 0.2) is 0 Å². The van der Waals surface area contributed by atoms with Crippen LogP contribution in [0.15, 0.2) is 23.8 Å². The summed E-state index contributed by atoms with van der Waals surface area (Å²) in [6.45, 7) is 14.8. The largest absolute Gasteiger partial charge is 0.393 e. The van der Waals surface area contributed by atoms with Gasteiger partial charge in [0, 0.05) is 0 Å². The van der Waals surface area contributed by atoms with Crippen LogP contribution in [0.25, 0.3) is 0 Å². The van der Waals surface area contributed by atoms with Crippen molar-refractivity contribution in [1.82, 2.24) is 0 Å². The normalized spacial score (nSPS) is 45.6. The number of aliphatic hydroxyl groups excluding tert-OH is 1. The molecule has 1 N–H and O–H groups in total. The predicted octanol–water partition coefficient (Wildman–Crippen LogP) is 7.80. The van der Waals surface area contributed by atoms with Gasteiger partial charge in [0.1, 0.15) is 0 Å². The van der Waals surface area contributed by atoms with E-state index in [9.17, 15) is 5.11 Å².